The van der Waals surface area contributed by atoms with E-state index in [0.29, 0.717) is 0 Å². The third-order valence-corrected chi connectivity index (χ3v) is 5.22. The van der Waals surface area contributed by atoms with Crippen LogP contribution in [0, 0.1) is 12.1 Å². The molecule has 33 heavy (non-hydrogen) atoms. The minimum absolute atomic E-state index is 0. The van der Waals surface area contributed by atoms with E-state index in [-0.39, 0.29) is 20.1 Å². The van der Waals surface area contributed by atoms with Crippen LogP contribution in [0.25, 0.3) is 44.2 Å². The number of para-hydroxylation sites is 1. The van der Waals surface area contributed by atoms with Crippen LogP contribution in [-0.2, 0) is 20.1 Å². The molecule has 6 aromatic rings. The summed E-state index contributed by atoms with van der Waals surface area (Å²) in [5.41, 5.74) is 5.07. The molecule has 2 heterocycles. The molecule has 161 valence electrons. The minimum Gasteiger partial charge on any atom is -0.305 e. The Morgan fingerprint density at radius 3 is 1.79 bits per heavy atom. The molecule has 6 rings (SSSR count). The molecule has 0 saturated carbocycles. The number of rotatable bonds is 2. The quantitative estimate of drug-likeness (QED) is 0.153. The summed E-state index contributed by atoms with van der Waals surface area (Å²) in [5, 5.41) is 3.61. The van der Waals surface area contributed by atoms with Gasteiger partial charge in [0.15, 0.2) is 0 Å². The molecule has 0 unspecified atom stereocenters. The maximum atomic E-state index is 4.84. The number of hydrogen-bond acceptors (Lipinski definition) is 2. The molecule has 0 atom stereocenters. The van der Waals surface area contributed by atoms with E-state index in [9.17, 15) is 0 Å². The van der Waals surface area contributed by atoms with Crippen molar-refractivity contribution in [3.63, 3.8) is 0 Å². The third kappa shape index (κ3) is 5.06. The van der Waals surface area contributed by atoms with Crippen LogP contribution in [0.15, 0.2) is 121 Å². The van der Waals surface area contributed by atoms with E-state index >= 15 is 0 Å². The number of benzene rings is 4. The van der Waals surface area contributed by atoms with Crippen molar-refractivity contribution in [3.8, 4) is 22.5 Å². The Morgan fingerprint density at radius 2 is 1.12 bits per heavy atom. The van der Waals surface area contributed by atoms with Gasteiger partial charge < -0.3 is 4.98 Å². The van der Waals surface area contributed by atoms with Crippen molar-refractivity contribution in [2.24, 2.45) is 0 Å². The van der Waals surface area contributed by atoms with Gasteiger partial charge in [-0.05, 0) is 34.3 Å². The molecule has 2 aromatic heterocycles. The summed E-state index contributed by atoms with van der Waals surface area (Å²) >= 11 is 0. The maximum absolute atomic E-state index is 4.84. The molecule has 0 N–H and O–H groups in total. The number of fused-ring (bicyclic) bond motifs is 3. The van der Waals surface area contributed by atoms with E-state index in [2.05, 4.69) is 65.6 Å². The first-order valence-corrected chi connectivity index (χ1v) is 10.5. The van der Waals surface area contributed by atoms with Crippen molar-refractivity contribution < 1.29 is 20.1 Å². The number of nitrogens with zero attached hydrogens (tertiary/aromatic N) is 2. The molecule has 0 fully saturated rings. The van der Waals surface area contributed by atoms with Crippen LogP contribution in [0.5, 0.6) is 0 Å². The molecule has 1 radical (unpaired) electrons. The molecule has 0 aliphatic rings. The zero-order chi connectivity index (χ0) is 21.6. The van der Waals surface area contributed by atoms with E-state index in [1.807, 2.05) is 66.7 Å². The second-order valence-electron chi connectivity index (χ2n) is 7.29. The van der Waals surface area contributed by atoms with E-state index in [4.69, 9.17) is 4.98 Å². The monoisotopic (exact) mass is 601 g/mol. The van der Waals surface area contributed by atoms with Crippen LogP contribution < -0.4 is 0 Å². The molecule has 0 aliphatic heterocycles. The third-order valence-electron chi connectivity index (χ3n) is 5.22. The molecule has 2 nitrogen and oxygen atoms in total. The van der Waals surface area contributed by atoms with Gasteiger partial charge in [-0.15, -0.1) is 71.8 Å². The molecule has 0 saturated heterocycles. The van der Waals surface area contributed by atoms with Crippen molar-refractivity contribution >= 4 is 21.7 Å². The summed E-state index contributed by atoms with van der Waals surface area (Å²) < 4.78 is 0. The van der Waals surface area contributed by atoms with Crippen LogP contribution in [0.3, 0.4) is 0 Å². The van der Waals surface area contributed by atoms with Crippen molar-refractivity contribution in [2.45, 2.75) is 0 Å². The fourth-order valence-corrected chi connectivity index (χ4v) is 3.72. The van der Waals surface area contributed by atoms with Gasteiger partial charge in [-0.2, -0.15) is 0 Å². The summed E-state index contributed by atoms with van der Waals surface area (Å²) in [4.78, 5) is 9.06. The first kappa shape index (κ1) is 22.5. The standard InChI is InChI=1S/C19H12N.C11H8N.Ir/c1-2-8-14(9-3-1)19-17-12-5-4-10-15(17)16-11-6-7-13-18(16)20-19;1-2-6-10(7-3-1)11-8-4-5-9-12-11;/h1-8,10-13H;1-6,8-9H;/q2*-1;. The maximum Gasteiger partial charge on any atom is 0.0601 e. The minimum atomic E-state index is 0. The number of pyridine rings is 2. The van der Waals surface area contributed by atoms with Gasteiger partial charge in [-0.25, -0.2) is 0 Å². The van der Waals surface area contributed by atoms with E-state index in [1.165, 1.54) is 16.2 Å². The van der Waals surface area contributed by atoms with Gasteiger partial charge in [-0.3, -0.25) is 4.98 Å². The zero-order valence-electron chi connectivity index (χ0n) is 17.8. The van der Waals surface area contributed by atoms with E-state index in [0.717, 1.165) is 28.0 Å². The Morgan fingerprint density at radius 1 is 0.515 bits per heavy atom. The molecule has 3 heteroatoms. The normalized spacial score (nSPS) is 10.2. The van der Waals surface area contributed by atoms with Gasteiger partial charge in [0.25, 0.3) is 0 Å². The van der Waals surface area contributed by atoms with E-state index in [1.54, 1.807) is 6.20 Å². The van der Waals surface area contributed by atoms with Crippen molar-refractivity contribution in [3.05, 3.63) is 134 Å². The largest absolute Gasteiger partial charge is 0.305 e. The Kier molecular flexibility index (Phi) is 7.36. The van der Waals surface area contributed by atoms with Gasteiger partial charge in [0, 0.05) is 31.7 Å². The van der Waals surface area contributed by atoms with Crippen molar-refractivity contribution in [2.75, 3.05) is 0 Å². The number of hydrogen-bond donors (Lipinski definition) is 0. The second-order valence-corrected chi connectivity index (χ2v) is 7.29. The summed E-state index contributed by atoms with van der Waals surface area (Å²) in [5.74, 6) is 0. The van der Waals surface area contributed by atoms with E-state index < -0.39 is 0 Å². The van der Waals surface area contributed by atoms with Gasteiger partial charge in [0.2, 0.25) is 0 Å². The van der Waals surface area contributed by atoms with Crippen molar-refractivity contribution in [1.29, 1.82) is 0 Å². The molecule has 4 aromatic carbocycles. The molecular weight excluding hydrogens is 581 g/mol. The Hall–Kier alpha value is -3.65. The number of aromatic nitrogens is 2. The Balaban J connectivity index is 0.000000172. The zero-order valence-corrected chi connectivity index (χ0v) is 20.2. The molecule has 0 amide bonds. The summed E-state index contributed by atoms with van der Waals surface area (Å²) in [6, 6.07) is 44.8. The average Bonchev–Trinajstić information content (AvgIpc) is 2.90. The van der Waals surface area contributed by atoms with Crippen molar-refractivity contribution in [1.82, 2.24) is 9.97 Å². The average molecular weight is 601 g/mol. The van der Waals surface area contributed by atoms with Crippen LogP contribution in [0.1, 0.15) is 0 Å². The summed E-state index contributed by atoms with van der Waals surface area (Å²) in [6.07, 6.45) is 1.79. The van der Waals surface area contributed by atoms with Gasteiger partial charge in [-0.1, -0.05) is 54.6 Å². The topological polar surface area (TPSA) is 25.8 Å². The van der Waals surface area contributed by atoms with Gasteiger partial charge in [0.1, 0.15) is 0 Å². The molecule has 0 bridgehead atoms. The summed E-state index contributed by atoms with van der Waals surface area (Å²) in [7, 11) is 0. The Labute approximate surface area is 207 Å². The molecular formula is C30H20IrN2-2. The summed E-state index contributed by atoms with van der Waals surface area (Å²) in [6.45, 7) is 0. The van der Waals surface area contributed by atoms with Crippen LogP contribution >= 0.6 is 0 Å². The van der Waals surface area contributed by atoms with Gasteiger partial charge in [0.05, 0.1) is 5.52 Å². The smallest absolute Gasteiger partial charge is 0.0601 e. The predicted octanol–water partition coefficient (Wildman–Crippen LogP) is 7.40. The second kappa shape index (κ2) is 10.8. The Bertz CT molecular complexity index is 1410. The first-order valence-electron chi connectivity index (χ1n) is 10.5. The molecule has 0 aliphatic carbocycles. The van der Waals surface area contributed by atoms with Gasteiger partial charge >= 0.3 is 0 Å². The SMILES string of the molecule is [Ir].[c-]1ccccc1-c1ccccn1.[c-]1ccccc1-c1nc2ccccc2c2ccccc12. The fraction of sp³-hybridized carbons (Fsp3) is 0. The van der Waals surface area contributed by atoms with Crippen LogP contribution in [-0.4, -0.2) is 9.97 Å². The fourth-order valence-electron chi connectivity index (χ4n) is 3.72. The predicted molar refractivity (Wildman–Crippen MR) is 132 cm³/mol. The molecule has 0 spiro atoms. The van der Waals surface area contributed by atoms with Crippen LogP contribution in [0.4, 0.5) is 0 Å². The first-order chi connectivity index (χ1) is 15.9. The van der Waals surface area contributed by atoms with Crippen LogP contribution in [0.2, 0.25) is 0 Å².